The van der Waals surface area contributed by atoms with Crippen LogP contribution in [0.4, 0.5) is 5.69 Å². The number of carboxylic acid groups (broad SMARTS) is 2. The van der Waals surface area contributed by atoms with Crippen molar-refractivity contribution in [1.82, 2.24) is 0 Å². The molecule has 1 unspecified atom stereocenters. The average Bonchev–Trinajstić information content (AvgIpc) is 2.30. The summed E-state index contributed by atoms with van der Waals surface area (Å²) in [6.45, 7) is 3.43. The molecule has 1 aromatic rings. The molecular formula is C14H17NO5. The molecule has 1 amide bonds. The number of aromatic carboxylic acids is 1. The van der Waals surface area contributed by atoms with Gasteiger partial charge in [0.2, 0.25) is 5.91 Å². The molecule has 0 aliphatic heterocycles. The number of rotatable bonds is 6. The number of aryl methyl sites for hydroxylation is 1. The second kappa shape index (κ2) is 6.70. The Hall–Kier alpha value is -2.37. The molecule has 1 rings (SSSR count). The van der Waals surface area contributed by atoms with Crippen molar-refractivity contribution in [3.63, 3.8) is 0 Å². The molecule has 0 heterocycles. The monoisotopic (exact) mass is 279 g/mol. The van der Waals surface area contributed by atoms with E-state index >= 15 is 0 Å². The van der Waals surface area contributed by atoms with Gasteiger partial charge < -0.3 is 15.5 Å². The van der Waals surface area contributed by atoms with Gasteiger partial charge in [-0.1, -0.05) is 13.0 Å². The molecule has 1 atom stereocenters. The molecule has 0 aliphatic carbocycles. The molecule has 6 heteroatoms. The van der Waals surface area contributed by atoms with Crippen molar-refractivity contribution in [2.45, 2.75) is 26.7 Å². The van der Waals surface area contributed by atoms with E-state index in [4.69, 9.17) is 10.2 Å². The van der Waals surface area contributed by atoms with Gasteiger partial charge in [0.15, 0.2) is 0 Å². The standard InChI is InChI=1S/C14H17NO5/c1-8(6-13(17)18)5-12(16)15-11-7-10(14(19)20)4-3-9(11)2/h3-4,7-8H,5-6H2,1-2H3,(H,15,16)(H,17,18)(H,19,20). The number of hydrogen-bond acceptors (Lipinski definition) is 3. The van der Waals surface area contributed by atoms with Gasteiger partial charge in [0.1, 0.15) is 0 Å². The second-order valence-corrected chi connectivity index (χ2v) is 4.79. The summed E-state index contributed by atoms with van der Waals surface area (Å²) < 4.78 is 0. The summed E-state index contributed by atoms with van der Waals surface area (Å²) in [7, 11) is 0. The van der Waals surface area contributed by atoms with Gasteiger partial charge >= 0.3 is 11.9 Å². The lowest BCUT2D eigenvalue weighted by atomic mass is 10.0. The van der Waals surface area contributed by atoms with Gasteiger partial charge in [0.25, 0.3) is 0 Å². The molecule has 0 fully saturated rings. The maximum Gasteiger partial charge on any atom is 0.335 e. The van der Waals surface area contributed by atoms with Crippen molar-refractivity contribution in [1.29, 1.82) is 0 Å². The van der Waals surface area contributed by atoms with Crippen molar-refractivity contribution in [2.75, 3.05) is 5.32 Å². The molecule has 0 saturated carbocycles. The van der Waals surface area contributed by atoms with E-state index in [2.05, 4.69) is 5.32 Å². The smallest absolute Gasteiger partial charge is 0.335 e. The Kier molecular flexibility index (Phi) is 5.25. The summed E-state index contributed by atoms with van der Waals surface area (Å²) in [5, 5.41) is 20.1. The van der Waals surface area contributed by atoms with E-state index in [-0.39, 0.29) is 30.2 Å². The van der Waals surface area contributed by atoms with E-state index in [0.717, 1.165) is 5.56 Å². The fourth-order valence-electron chi connectivity index (χ4n) is 1.78. The third-order valence-corrected chi connectivity index (χ3v) is 2.82. The number of nitrogens with one attached hydrogen (secondary N) is 1. The zero-order chi connectivity index (χ0) is 15.3. The van der Waals surface area contributed by atoms with Gasteiger partial charge in [0, 0.05) is 18.5 Å². The SMILES string of the molecule is Cc1ccc(C(=O)O)cc1NC(=O)CC(C)CC(=O)O. The van der Waals surface area contributed by atoms with Gasteiger partial charge in [-0.3, -0.25) is 9.59 Å². The minimum absolute atomic E-state index is 0.0725. The zero-order valence-corrected chi connectivity index (χ0v) is 11.3. The maximum absolute atomic E-state index is 11.8. The molecular weight excluding hydrogens is 262 g/mol. The summed E-state index contributed by atoms with van der Waals surface area (Å²) in [6.07, 6.45) is -0.00932. The summed E-state index contributed by atoms with van der Waals surface area (Å²) in [5.41, 5.74) is 1.26. The number of amides is 1. The molecule has 0 aliphatic rings. The van der Waals surface area contributed by atoms with Crippen molar-refractivity contribution in [2.24, 2.45) is 5.92 Å². The van der Waals surface area contributed by atoms with Gasteiger partial charge in [-0.2, -0.15) is 0 Å². The second-order valence-electron chi connectivity index (χ2n) is 4.79. The fraction of sp³-hybridized carbons (Fsp3) is 0.357. The van der Waals surface area contributed by atoms with Crippen molar-refractivity contribution >= 4 is 23.5 Å². The van der Waals surface area contributed by atoms with E-state index in [9.17, 15) is 14.4 Å². The predicted molar refractivity (Wildman–Crippen MR) is 72.8 cm³/mol. The highest BCUT2D eigenvalue weighted by molar-refractivity contribution is 5.94. The quantitative estimate of drug-likeness (QED) is 0.740. The van der Waals surface area contributed by atoms with E-state index in [1.807, 2.05) is 0 Å². The van der Waals surface area contributed by atoms with Crippen LogP contribution in [0.1, 0.15) is 35.7 Å². The van der Waals surface area contributed by atoms with Gasteiger partial charge in [-0.15, -0.1) is 0 Å². The number of hydrogen-bond donors (Lipinski definition) is 3. The summed E-state index contributed by atoms with van der Waals surface area (Å²) in [5.74, 6) is -2.63. The van der Waals surface area contributed by atoms with Crippen LogP contribution in [0.3, 0.4) is 0 Å². The minimum atomic E-state index is -1.07. The van der Waals surface area contributed by atoms with Gasteiger partial charge in [0.05, 0.1) is 5.56 Å². The van der Waals surface area contributed by atoms with E-state index in [1.165, 1.54) is 12.1 Å². The largest absolute Gasteiger partial charge is 0.481 e. The topological polar surface area (TPSA) is 104 Å². The first-order valence-corrected chi connectivity index (χ1v) is 6.15. The van der Waals surface area contributed by atoms with E-state index in [0.29, 0.717) is 5.69 Å². The molecule has 0 radical (unpaired) electrons. The molecule has 0 aromatic heterocycles. The molecule has 20 heavy (non-hydrogen) atoms. The number of carbonyl (C=O) groups excluding carboxylic acids is 1. The zero-order valence-electron chi connectivity index (χ0n) is 11.3. The normalized spacial score (nSPS) is 11.7. The number of anilines is 1. The minimum Gasteiger partial charge on any atom is -0.481 e. The lowest BCUT2D eigenvalue weighted by molar-refractivity contribution is -0.138. The molecule has 0 saturated heterocycles. The van der Waals surface area contributed by atoms with Crippen LogP contribution in [0.25, 0.3) is 0 Å². The molecule has 3 N–H and O–H groups in total. The Labute approximate surface area is 116 Å². The van der Waals surface area contributed by atoms with Crippen LogP contribution < -0.4 is 5.32 Å². The van der Waals surface area contributed by atoms with Crippen LogP contribution in [0, 0.1) is 12.8 Å². The van der Waals surface area contributed by atoms with E-state index in [1.54, 1.807) is 19.9 Å². The summed E-state index contributed by atoms with van der Waals surface area (Å²) >= 11 is 0. The number of carbonyl (C=O) groups is 3. The third-order valence-electron chi connectivity index (χ3n) is 2.82. The fourth-order valence-corrected chi connectivity index (χ4v) is 1.78. The first-order valence-electron chi connectivity index (χ1n) is 6.15. The molecule has 0 spiro atoms. The van der Waals surface area contributed by atoms with Crippen LogP contribution in [0.5, 0.6) is 0 Å². The Morgan fingerprint density at radius 3 is 2.40 bits per heavy atom. The molecule has 6 nitrogen and oxygen atoms in total. The summed E-state index contributed by atoms with van der Waals surface area (Å²) in [4.78, 5) is 33.2. The van der Waals surface area contributed by atoms with Crippen LogP contribution >= 0.6 is 0 Å². The van der Waals surface area contributed by atoms with Gasteiger partial charge in [-0.25, -0.2) is 4.79 Å². The first-order chi connectivity index (χ1) is 9.29. The Morgan fingerprint density at radius 2 is 1.85 bits per heavy atom. The lowest BCUT2D eigenvalue weighted by Crippen LogP contribution is -2.17. The predicted octanol–water partition coefficient (Wildman–Crippen LogP) is 2.13. The highest BCUT2D eigenvalue weighted by Gasteiger charge is 2.14. The molecule has 108 valence electrons. The average molecular weight is 279 g/mol. The Morgan fingerprint density at radius 1 is 1.20 bits per heavy atom. The highest BCUT2D eigenvalue weighted by Crippen LogP contribution is 2.18. The third kappa shape index (κ3) is 4.72. The van der Waals surface area contributed by atoms with Crippen LogP contribution in [0.2, 0.25) is 0 Å². The first kappa shape index (κ1) is 15.7. The van der Waals surface area contributed by atoms with Gasteiger partial charge in [-0.05, 0) is 30.5 Å². The number of carboxylic acids is 2. The number of benzene rings is 1. The van der Waals surface area contributed by atoms with Crippen molar-refractivity contribution in [3.8, 4) is 0 Å². The summed E-state index contributed by atoms with van der Waals surface area (Å²) in [6, 6.07) is 4.46. The van der Waals surface area contributed by atoms with Crippen LogP contribution in [-0.2, 0) is 9.59 Å². The number of aliphatic carboxylic acids is 1. The molecule has 0 bridgehead atoms. The van der Waals surface area contributed by atoms with Crippen molar-refractivity contribution in [3.05, 3.63) is 29.3 Å². The van der Waals surface area contributed by atoms with Crippen LogP contribution in [0.15, 0.2) is 18.2 Å². The maximum atomic E-state index is 11.8. The lowest BCUT2D eigenvalue weighted by Gasteiger charge is -2.12. The van der Waals surface area contributed by atoms with Crippen LogP contribution in [-0.4, -0.2) is 28.1 Å². The highest BCUT2D eigenvalue weighted by atomic mass is 16.4. The molecule has 1 aromatic carbocycles. The Bertz CT molecular complexity index is 538. The van der Waals surface area contributed by atoms with Crippen molar-refractivity contribution < 1.29 is 24.6 Å². The van der Waals surface area contributed by atoms with E-state index < -0.39 is 11.9 Å². The Balaban J connectivity index is 2.72.